The second kappa shape index (κ2) is 6.04. The molecule has 0 saturated carbocycles. The Kier molecular flexibility index (Phi) is 5.38. The van der Waals surface area contributed by atoms with Gasteiger partial charge in [0.15, 0.2) is 0 Å². The Morgan fingerprint density at radius 1 is 1.70 bits per heavy atom. The average molecular weight is 142 g/mol. The zero-order chi connectivity index (χ0) is 7.82. The van der Waals surface area contributed by atoms with Gasteiger partial charge in [0.05, 0.1) is 6.61 Å². The molecular weight excluding hydrogens is 132 g/mol. The number of hydrogen-bond acceptors (Lipinski definition) is 3. The van der Waals surface area contributed by atoms with Crippen LogP contribution in [-0.2, 0) is 9.53 Å². The van der Waals surface area contributed by atoms with Crippen LogP contribution in [0.5, 0.6) is 0 Å². The van der Waals surface area contributed by atoms with Crippen molar-refractivity contribution in [1.29, 1.82) is 0 Å². The molecule has 0 aliphatic rings. The number of hydrogen-bond donors (Lipinski definition) is 1. The molecule has 1 N–H and O–H groups in total. The molecule has 0 aliphatic heterocycles. The van der Waals surface area contributed by atoms with Crippen LogP contribution in [0, 0.1) is 0 Å². The van der Waals surface area contributed by atoms with Crippen LogP contribution in [0.2, 0.25) is 0 Å². The van der Waals surface area contributed by atoms with E-state index in [1.165, 1.54) is 18.2 Å². The molecule has 0 amide bonds. The zero-order valence-electron chi connectivity index (χ0n) is 5.62. The smallest absolute Gasteiger partial charge is 0.330 e. The molecular formula is C7H10O3. The summed E-state index contributed by atoms with van der Waals surface area (Å²) in [6.07, 6.45) is 3.96. The third-order valence-electron chi connectivity index (χ3n) is 0.703. The fourth-order valence-electron chi connectivity index (χ4n) is 0.338. The van der Waals surface area contributed by atoms with E-state index in [0.717, 1.165) is 0 Å². The molecule has 0 unspecified atom stereocenters. The van der Waals surface area contributed by atoms with Crippen molar-refractivity contribution >= 4 is 5.97 Å². The highest BCUT2D eigenvalue weighted by molar-refractivity contribution is 5.81. The number of carbonyl (C=O) groups excluding carboxylic acids is 1. The molecule has 0 aromatic rings. The fourth-order valence-corrected chi connectivity index (χ4v) is 0.338. The first kappa shape index (κ1) is 8.91. The quantitative estimate of drug-likeness (QED) is 0.348. The lowest BCUT2D eigenvalue weighted by Crippen LogP contribution is -1.99. The summed E-state index contributed by atoms with van der Waals surface area (Å²) >= 11 is 0. The lowest BCUT2D eigenvalue weighted by molar-refractivity contribution is -0.136. The second-order valence-corrected chi connectivity index (χ2v) is 1.50. The van der Waals surface area contributed by atoms with Crippen LogP contribution in [0.15, 0.2) is 24.8 Å². The number of aliphatic hydroxyl groups excluding tert-OH is 1. The third-order valence-corrected chi connectivity index (χ3v) is 0.703. The average Bonchev–Trinajstić information content (AvgIpc) is 1.97. The van der Waals surface area contributed by atoms with E-state index in [9.17, 15) is 4.79 Å². The van der Waals surface area contributed by atoms with Crippen LogP contribution in [0.25, 0.3) is 0 Å². The first-order valence-electron chi connectivity index (χ1n) is 2.86. The standard InChI is InChI=1S/C7H10O3/c1-2-6-10-7(9)4-3-5-8/h2-4,8H,1,5-6H2/b4-3+. The molecule has 0 spiro atoms. The van der Waals surface area contributed by atoms with Crippen molar-refractivity contribution in [2.45, 2.75) is 0 Å². The summed E-state index contributed by atoms with van der Waals surface area (Å²) in [7, 11) is 0. The molecule has 0 rings (SSSR count). The molecule has 3 nitrogen and oxygen atoms in total. The Bertz CT molecular complexity index is 138. The second-order valence-electron chi connectivity index (χ2n) is 1.50. The van der Waals surface area contributed by atoms with E-state index in [1.54, 1.807) is 0 Å². The molecule has 0 heterocycles. The van der Waals surface area contributed by atoms with Gasteiger partial charge >= 0.3 is 5.97 Å². The summed E-state index contributed by atoms with van der Waals surface area (Å²) in [4.78, 5) is 10.5. The molecule has 10 heavy (non-hydrogen) atoms. The van der Waals surface area contributed by atoms with Crippen LogP contribution in [0.1, 0.15) is 0 Å². The van der Waals surface area contributed by atoms with Crippen LogP contribution in [0.4, 0.5) is 0 Å². The summed E-state index contributed by atoms with van der Waals surface area (Å²) in [6, 6.07) is 0. The van der Waals surface area contributed by atoms with Gasteiger partial charge in [0.1, 0.15) is 6.61 Å². The van der Waals surface area contributed by atoms with Crippen molar-refractivity contribution in [2.75, 3.05) is 13.2 Å². The van der Waals surface area contributed by atoms with Crippen molar-refractivity contribution in [3.8, 4) is 0 Å². The Hall–Kier alpha value is -1.09. The summed E-state index contributed by atoms with van der Waals surface area (Å²) in [5, 5.41) is 8.23. The molecule has 0 aromatic heterocycles. The van der Waals surface area contributed by atoms with Crippen molar-refractivity contribution in [1.82, 2.24) is 0 Å². The lowest BCUT2D eigenvalue weighted by Gasteiger charge is -1.93. The lowest BCUT2D eigenvalue weighted by atomic mass is 10.5. The molecule has 0 radical (unpaired) electrons. The third kappa shape index (κ3) is 5.05. The van der Waals surface area contributed by atoms with E-state index in [-0.39, 0.29) is 13.2 Å². The summed E-state index contributed by atoms with van der Waals surface area (Å²) in [5.41, 5.74) is 0. The largest absolute Gasteiger partial charge is 0.458 e. The Labute approximate surface area is 59.6 Å². The Balaban J connectivity index is 3.43. The summed E-state index contributed by atoms with van der Waals surface area (Å²) in [6.45, 7) is 3.42. The highest BCUT2D eigenvalue weighted by atomic mass is 16.5. The van der Waals surface area contributed by atoms with E-state index in [2.05, 4.69) is 11.3 Å². The summed E-state index contributed by atoms with van der Waals surface area (Å²) < 4.78 is 4.54. The van der Waals surface area contributed by atoms with E-state index in [4.69, 9.17) is 5.11 Å². The van der Waals surface area contributed by atoms with Crippen molar-refractivity contribution in [2.24, 2.45) is 0 Å². The van der Waals surface area contributed by atoms with Gasteiger partial charge in [0.25, 0.3) is 0 Å². The van der Waals surface area contributed by atoms with Crippen LogP contribution < -0.4 is 0 Å². The minimum atomic E-state index is -0.464. The highest BCUT2D eigenvalue weighted by Gasteiger charge is 1.90. The van der Waals surface area contributed by atoms with Gasteiger partial charge in [-0.1, -0.05) is 18.7 Å². The van der Waals surface area contributed by atoms with Crippen LogP contribution in [-0.4, -0.2) is 24.3 Å². The monoisotopic (exact) mass is 142 g/mol. The Morgan fingerprint density at radius 3 is 2.90 bits per heavy atom. The van der Waals surface area contributed by atoms with Gasteiger partial charge in [-0.3, -0.25) is 0 Å². The van der Waals surface area contributed by atoms with Crippen molar-refractivity contribution in [3.05, 3.63) is 24.8 Å². The van der Waals surface area contributed by atoms with Gasteiger partial charge < -0.3 is 9.84 Å². The summed E-state index contributed by atoms with van der Waals surface area (Å²) in [5.74, 6) is -0.464. The van der Waals surface area contributed by atoms with Crippen LogP contribution >= 0.6 is 0 Å². The maximum atomic E-state index is 10.5. The predicted octanol–water partition coefficient (Wildman–Crippen LogP) is 0.264. The van der Waals surface area contributed by atoms with Crippen molar-refractivity contribution in [3.63, 3.8) is 0 Å². The maximum absolute atomic E-state index is 10.5. The number of aliphatic hydroxyl groups is 1. The molecule has 0 fully saturated rings. The number of ether oxygens (including phenoxy) is 1. The molecule has 0 aliphatic carbocycles. The van der Waals surface area contributed by atoms with Gasteiger partial charge in [-0.25, -0.2) is 4.79 Å². The first-order valence-corrected chi connectivity index (χ1v) is 2.86. The SMILES string of the molecule is C=CCOC(=O)/C=C/CO. The zero-order valence-corrected chi connectivity index (χ0v) is 5.62. The minimum absolute atomic E-state index is 0.150. The van der Waals surface area contributed by atoms with E-state index in [1.807, 2.05) is 0 Å². The van der Waals surface area contributed by atoms with Gasteiger partial charge in [-0.05, 0) is 0 Å². The number of esters is 1. The Morgan fingerprint density at radius 2 is 2.40 bits per heavy atom. The topological polar surface area (TPSA) is 46.5 Å². The normalized spacial score (nSPS) is 9.70. The maximum Gasteiger partial charge on any atom is 0.330 e. The highest BCUT2D eigenvalue weighted by Crippen LogP contribution is 1.80. The molecule has 0 atom stereocenters. The van der Waals surface area contributed by atoms with Gasteiger partial charge in [-0.2, -0.15) is 0 Å². The van der Waals surface area contributed by atoms with Gasteiger partial charge in [-0.15, -0.1) is 0 Å². The first-order chi connectivity index (χ1) is 4.81. The van der Waals surface area contributed by atoms with E-state index >= 15 is 0 Å². The van der Waals surface area contributed by atoms with Gasteiger partial charge in [0.2, 0.25) is 0 Å². The van der Waals surface area contributed by atoms with Crippen molar-refractivity contribution < 1.29 is 14.6 Å². The van der Waals surface area contributed by atoms with E-state index in [0.29, 0.717) is 0 Å². The fraction of sp³-hybridized carbons (Fsp3) is 0.286. The molecule has 3 heteroatoms. The molecule has 56 valence electrons. The molecule has 0 aromatic carbocycles. The minimum Gasteiger partial charge on any atom is -0.458 e. The molecule has 0 bridgehead atoms. The van der Waals surface area contributed by atoms with Crippen LogP contribution in [0.3, 0.4) is 0 Å². The van der Waals surface area contributed by atoms with Gasteiger partial charge in [0, 0.05) is 6.08 Å². The molecule has 0 saturated heterocycles. The number of carbonyl (C=O) groups is 1. The number of rotatable bonds is 4. The predicted molar refractivity (Wildman–Crippen MR) is 37.4 cm³/mol. The van der Waals surface area contributed by atoms with E-state index < -0.39 is 5.97 Å².